The van der Waals surface area contributed by atoms with E-state index < -0.39 is 0 Å². The lowest BCUT2D eigenvalue weighted by Gasteiger charge is -2.22. The number of halogens is 1. The van der Waals surface area contributed by atoms with Crippen molar-refractivity contribution in [3.05, 3.63) is 39.8 Å². The van der Waals surface area contributed by atoms with Crippen LogP contribution in [0.25, 0.3) is 0 Å². The van der Waals surface area contributed by atoms with Crippen molar-refractivity contribution in [1.29, 1.82) is 0 Å². The average Bonchev–Trinajstić information content (AvgIpc) is 3.06. The Balaban J connectivity index is 1.72. The number of aliphatic hydroxyl groups is 1. The molecule has 0 aliphatic carbocycles. The van der Waals surface area contributed by atoms with E-state index in [1.165, 1.54) is 11.3 Å². The Morgan fingerprint density at radius 3 is 3.00 bits per heavy atom. The van der Waals surface area contributed by atoms with E-state index in [0.29, 0.717) is 17.6 Å². The molecular weight excluding hydrogens is 294 g/mol. The number of aliphatic hydroxyl groups excluding tert-OH is 1. The second-order valence-electron chi connectivity index (χ2n) is 4.84. The first kappa shape index (κ1) is 13.7. The van der Waals surface area contributed by atoms with Gasteiger partial charge >= 0.3 is 0 Å². The zero-order valence-electron chi connectivity index (χ0n) is 10.9. The van der Waals surface area contributed by atoms with Crippen LogP contribution >= 0.6 is 22.9 Å². The molecule has 3 rings (SSSR count). The van der Waals surface area contributed by atoms with Gasteiger partial charge in [-0.15, -0.1) is 11.3 Å². The topological polar surface area (TPSA) is 48.4 Å². The number of anilines is 2. The highest BCUT2D eigenvalue weighted by Gasteiger charge is 2.22. The normalized spacial score (nSPS) is 18.5. The number of hydrogen-bond acceptors (Lipinski definition) is 5. The molecule has 1 unspecified atom stereocenters. The second kappa shape index (κ2) is 5.99. The minimum absolute atomic E-state index is 0.219. The number of rotatable bonds is 4. The fraction of sp³-hybridized carbons (Fsp3) is 0.357. The molecule has 20 heavy (non-hydrogen) atoms. The molecule has 1 aromatic carbocycles. The first-order valence-corrected chi connectivity index (χ1v) is 7.78. The molecule has 1 aliphatic heterocycles. The Morgan fingerprint density at radius 2 is 2.30 bits per heavy atom. The number of thiazole rings is 1. The maximum atomic E-state index is 9.68. The van der Waals surface area contributed by atoms with Gasteiger partial charge in [-0.25, -0.2) is 4.98 Å². The van der Waals surface area contributed by atoms with Crippen LogP contribution in [-0.4, -0.2) is 29.3 Å². The van der Waals surface area contributed by atoms with Gasteiger partial charge in [0.1, 0.15) is 0 Å². The fourth-order valence-electron chi connectivity index (χ4n) is 2.41. The standard InChI is InChI=1S/C14H16ClN3OS/c15-14-17-8-11(20-14)7-16-12-3-1-2-4-13(12)18-6-5-10(19)9-18/h1-4,8,10,16,19H,5-7,9H2. The van der Waals surface area contributed by atoms with Crippen LogP contribution in [0.2, 0.25) is 4.47 Å². The maximum Gasteiger partial charge on any atom is 0.183 e. The summed E-state index contributed by atoms with van der Waals surface area (Å²) < 4.78 is 0.567. The molecule has 0 radical (unpaired) electrons. The predicted octanol–water partition coefficient (Wildman–Crippen LogP) is 2.98. The number of hydrogen-bond donors (Lipinski definition) is 2. The summed E-state index contributed by atoms with van der Waals surface area (Å²) in [6.07, 6.45) is 2.41. The smallest absolute Gasteiger partial charge is 0.183 e. The van der Waals surface area contributed by atoms with Gasteiger partial charge in [-0.2, -0.15) is 0 Å². The highest BCUT2D eigenvalue weighted by Crippen LogP contribution is 2.29. The van der Waals surface area contributed by atoms with Crippen LogP contribution in [0.3, 0.4) is 0 Å². The third kappa shape index (κ3) is 3.06. The molecular formula is C14H16ClN3OS. The number of nitrogens with one attached hydrogen (secondary N) is 1. The summed E-state index contributed by atoms with van der Waals surface area (Å²) in [5.74, 6) is 0. The first-order valence-electron chi connectivity index (χ1n) is 6.58. The fourth-order valence-corrected chi connectivity index (χ4v) is 3.32. The molecule has 106 valence electrons. The zero-order chi connectivity index (χ0) is 13.9. The Kier molecular flexibility index (Phi) is 4.10. The molecule has 2 heterocycles. The third-order valence-electron chi connectivity index (χ3n) is 3.39. The Morgan fingerprint density at radius 1 is 1.45 bits per heavy atom. The van der Waals surface area contributed by atoms with Crippen molar-refractivity contribution < 1.29 is 5.11 Å². The Labute approximate surface area is 127 Å². The van der Waals surface area contributed by atoms with Crippen molar-refractivity contribution >= 4 is 34.3 Å². The number of aromatic nitrogens is 1. The number of benzene rings is 1. The van der Waals surface area contributed by atoms with Gasteiger partial charge in [-0.3, -0.25) is 0 Å². The summed E-state index contributed by atoms with van der Waals surface area (Å²) >= 11 is 7.32. The molecule has 0 saturated carbocycles. The van der Waals surface area contributed by atoms with Gasteiger partial charge < -0.3 is 15.3 Å². The molecule has 0 amide bonds. The van der Waals surface area contributed by atoms with Crippen LogP contribution < -0.4 is 10.2 Å². The molecule has 4 nitrogen and oxygen atoms in total. The zero-order valence-corrected chi connectivity index (χ0v) is 12.5. The average molecular weight is 310 g/mol. The molecule has 6 heteroatoms. The van der Waals surface area contributed by atoms with Crippen molar-refractivity contribution in [2.45, 2.75) is 19.1 Å². The van der Waals surface area contributed by atoms with Crippen molar-refractivity contribution in [2.75, 3.05) is 23.3 Å². The van der Waals surface area contributed by atoms with Crippen molar-refractivity contribution in [2.24, 2.45) is 0 Å². The van der Waals surface area contributed by atoms with Crippen LogP contribution in [0.15, 0.2) is 30.5 Å². The molecule has 1 fully saturated rings. The summed E-state index contributed by atoms with van der Waals surface area (Å²) in [5, 5.41) is 13.1. The molecule has 1 aromatic heterocycles. The summed E-state index contributed by atoms with van der Waals surface area (Å²) in [4.78, 5) is 7.36. The minimum Gasteiger partial charge on any atom is -0.391 e. The lowest BCUT2D eigenvalue weighted by atomic mass is 10.2. The molecule has 1 saturated heterocycles. The quantitative estimate of drug-likeness (QED) is 0.911. The van der Waals surface area contributed by atoms with Crippen LogP contribution in [0, 0.1) is 0 Å². The van der Waals surface area contributed by atoms with Crippen molar-refractivity contribution in [3.8, 4) is 0 Å². The van der Waals surface area contributed by atoms with Gasteiger partial charge in [0.15, 0.2) is 4.47 Å². The van der Waals surface area contributed by atoms with E-state index in [4.69, 9.17) is 11.6 Å². The van der Waals surface area contributed by atoms with Gasteiger partial charge in [0.25, 0.3) is 0 Å². The van der Waals surface area contributed by atoms with Crippen LogP contribution in [-0.2, 0) is 6.54 Å². The molecule has 0 spiro atoms. The van der Waals surface area contributed by atoms with E-state index >= 15 is 0 Å². The highest BCUT2D eigenvalue weighted by atomic mass is 35.5. The van der Waals surface area contributed by atoms with E-state index in [0.717, 1.165) is 29.2 Å². The minimum atomic E-state index is -0.219. The summed E-state index contributed by atoms with van der Waals surface area (Å²) in [7, 11) is 0. The van der Waals surface area contributed by atoms with Crippen LogP contribution in [0.1, 0.15) is 11.3 Å². The van der Waals surface area contributed by atoms with E-state index in [1.807, 2.05) is 12.1 Å². The molecule has 0 bridgehead atoms. The van der Waals surface area contributed by atoms with Crippen molar-refractivity contribution in [3.63, 3.8) is 0 Å². The molecule has 2 N–H and O–H groups in total. The lowest BCUT2D eigenvalue weighted by Crippen LogP contribution is -2.22. The van der Waals surface area contributed by atoms with Gasteiger partial charge in [0.2, 0.25) is 0 Å². The summed E-state index contributed by atoms with van der Waals surface area (Å²) in [6, 6.07) is 8.18. The number of para-hydroxylation sites is 2. The van der Waals surface area contributed by atoms with Gasteiger partial charge in [0.05, 0.1) is 24.0 Å². The van der Waals surface area contributed by atoms with E-state index in [-0.39, 0.29) is 6.10 Å². The lowest BCUT2D eigenvalue weighted by molar-refractivity contribution is 0.198. The van der Waals surface area contributed by atoms with E-state index in [9.17, 15) is 5.11 Å². The predicted molar refractivity (Wildman–Crippen MR) is 83.7 cm³/mol. The molecule has 2 aromatic rings. The van der Waals surface area contributed by atoms with Gasteiger partial charge in [0, 0.05) is 24.2 Å². The third-order valence-corrected chi connectivity index (χ3v) is 4.50. The highest BCUT2D eigenvalue weighted by molar-refractivity contribution is 7.15. The van der Waals surface area contributed by atoms with Crippen LogP contribution in [0.4, 0.5) is 11.4 Å². The number of β-amino-alcohol motifs (C(OH)–C–C–N with tert-alkyl or cyclic N) is 1. The van der Waals surface area contributed by atoms with E-state index in [2.05, 4.69) is 27.3 Å². The van der Waals surface area contributed by atoms with E-state index in [1.54, 1.807) is 6.20 Å². The molecule has 1 aliphatic rings. The van der Waals surface area contributed by atoms with Crippen molar-refractivity contribution in [1.82, 2.24) is 4.98 Å². The summed E-state index contributed by atoms with van der Waals surface area (Å²) in [5.41, 5.74) is 2.21. The Bertz CT molecular complexity index is 589. The molecule has 1 atom stereocenters. The largest absolute Gasteiger partial charge is 0.391 e. The number of nitrogens with zero attached hydrogens (tertiary/aromatic N) is 2. The first-order chi connectivity index (χ1) is 9.72. The Hall–Kier alpha value is -1.30. The maximum absolute atomic E-state index is 9.68. The monoisotopic (exact) mass is 309 g/mol. The van der Waals surface area contributed by atoms with Crippen LogP contribution in [0.5, 0.6) is 0 Å². The SMILES string of the molecule is OC1CCN(c2ccccc2NCc2cnc(Cl)s2)C1. The van der Waals surface area contributed by atoms with Gasteiger partial charge in [-0.1, -0.05) is 23.7 Å². The summed E-state index contributed by atoms with van der Waals surface area (Å²) in [6.45, 7) is 2.30. The second-order valence-corrected chi connectivity index (χ2v) is 6.54. The van der Waals surface area contributed by atoms with Gasteiger partial charge in [-0.05, 0) is 18.6 Å².